The predicted octanol–water partition coefficient (Wildman–Crippen LogP) is 0.492. The van der Waals surface area contributed by atoms with E-state index in [1.165, 1.54) is 25.3 Å². The summed E-state index contributed by atoms with van der Waals surface area (Å²) in [6.07, 6.45) is 0. The van der Waals surface area contributed by atoms with E-state index in [0.29, 0.717) is 13.1 Å². The number of hydrogen-bond donors (Lipinski definition) is 3. The molecule has 0 saturated carbocycles. The minimum atomic E-state index is -3.76. The van der Waals surface area contributed by atoms with Crippen molar-refractivity contribution in [2.45, 2.75) is 24.8 Å². The molecule has 0 spiro atoms. The van der Waals surface area contributed by atoms with Crippen molar-refractivity contribution in [2.75, 3.05) is 20.2 Å². The first kappa shape index (κ1) is 20.6. The molecule has 1 rings (SSSR count). The largest absolute Gasteiger partial charge is 0.495 e. The van der Waals surface area contributed by atoms with Crippen LogP contribution in [0.3, 0.4) is 0 Å². The van der Waals surface area contributed by atoms with Crippen LogP contribution >= 0.6 is 12.4 Å². The molecular weight excluding hydrogens is 330 g/mol. The number of sulfonamides is 1. The molecule has 0 heterocycles. The van der Waals surface area contributed by atoms with Gasteiger partial charge in [-0.15, -0.1) is 12.4 Å². The van der Waals surface area contributed by atoms with Crippen LogP contribution in [0.1, 0.15) is 24.2 Å². The summed E-state index contributed by atoms with van der Waals surface area (Å²) in [6.45, 7) is 4.04. The maximum absolute atomic E-state index is 12.3. The second-order valence-corrected chi connectivity index (χ2v) is 6.37. The zero-order chi connectivity index (χ0) is 16.0. The van der Waals surface area contributed by atoms with Gasteiger partial charge in [0, 0.05) is 24.7 Å². The standard InChI is InChI=1S/C13H21N3O4S.ClH/c1-9(2)16-21(18,19)12-8-10(4-5-11(12)20-3)13(17)15-7-6-14;/h4-5,8-9,16H,6-7,14H2,1-3H3,(H,15,17);1H. The van der Waals surface area contributed by atoms with Crippen LogP contribution in [0.25, 0.3) is 0 Å². The summed E-state index contributed by atoms with van der Waals surface area (Å²) in [5.74, 6) is -0.206. The molecule has 0 bridgehead atoms. The lowest BCUT2D eigenvalue weighted by Crippen LogP contribution is -2.31. The number of rotatable bonds is 7. The number of carbonyl (C=O) groups is 1. The van der Waals surface area contributed by atoms with Gasteiger partial charge in [0.2, 0.25) is 10.0 Å². The summed E-state index contributed by atoms with van der Waals surface area (Å²) in [5, 5.41) is 2.59. The maximum Gasteiger partial charge on any atom is 0.251 e. The van der Waals surface area contributed by atoms with Crippen LogP contribution in [0.2, 0.25) is 0 Å². The van der Waals surface area contributed by atoms with Crippen molar-refractivity contribution in [2.24, 2.45) is 5.73 Å². The van der Waals surface area contributed by atoms with E-state index in [2.05, 4.69) is 10.0 Å². The molecule has 0 atom stereocenters. The van der Waals surface area contributed by atoms with Crippen LogP contribution in [0.4, 0.5) is 0 Å². The van der Waals surface area contributed by atoms with E-state index < -0.39 is 10.0 Å². The van der Waals surface area contributed by atoms with Gasteiger partial charge in [0.15, 0.2) is 0 Å². The highest BCUT2D eigenvalue weighted by molar-refractivity contribution is 7.89. The first-order valence-corrected chi connectivity index (χ1v) is 7.98. The highest BCUT2D eigenvalue weighted by Gasteiger charge is 2.22. The second-order valence-electron chi connectivity index (χ2n) is 4.69. The van der Waals surface area contributed by atoms with E-state index in [0.717, 1.165) is 0 Å². The number of benzene rings is 1. The molecule has 0 unspecified atom stereocenters. The highest BCUT2D eigenvalue weighted by atomic mass is 35.5. The average Bonchev–Trinajstić information content (AvgIpc) is 2.42. The zero-order valence-corrected chi connectivity index (χ0v) is 14.4. The van der Waals surface area contributed by atoms with E-state index in [-0.39, 0.29) is 40.6 Å². The number of methoxy groups -OCH3 is 1. The molecule has 126 valence electrons. The first-order chi connectivity index (χ1) is 9.81. The van der Waals surface area contributed by atoms with Crippen LogP contribution in [0.15, 0.2) is 23.1 Å². The summed E-state index contributed by atoms with van der Waals surface area (Å²) in [4.78, 5) is 11.8. The van der Waals surface area contributed by atoms with Crippen LogP contribution in [0, 0.1) is 0 Å². The fourth-order valence-electron chi connectivity index (χ4n) is 1.69. The topological polar surface area (TPSA) is 111 Å². The highest BCUT2D eigenvalue weighted by Crippen LogP contribution is 2.25. The molecule has 22 heavy (non-hydrogen) atoms. The molecule has 0 radical (unpaired) electrons. The van der Waals surface area contributed by atoms with Crippen LogP contribution in [0.5, 0.6) is 5.75 Å². The number of nitrogens with one attached hydrogen (secondary N) is 2. The Balaban J connectivity index is 0.00000441. The van der Waals surface area contributed by atoms with Crippen LogP contribution < -0.4 is 20.5 Å². The van der Waals surface area contributed by atoms with Crippen molar-refractivity contribution in [3.63, 3.8) is 0 Å². The van der Waals surface area contributed by atoms with E-state index in [4.69, 9.17) is 10.5 Å². The van der Waals surface area contributed by atoms with Gasteiger partial charge in [-0.05, 0) is 32.0 Å². The third kappa shape index (κ3) is 5.45. The minimum absolute atomic E-state index is 0. The predicted molar refractivity (Wildman–Crippen MR) is 87.1 cm³/mol. The molecule has 9 heteroatoms. The molecule has 0 aromatic heterocycles. The molecule has 0 aliphatic carbocycles. The van der Waals surface area contributed by atoms with Crippen molar-refractivity contribution in [1.29, 1.82) is 0 Å². The fraction of sp³-hybridized carbons (Fsp3) is 0.462. The lowest BCUT2D eigenvalue weighted by Gasteiger charge is -2.14. The number of amides is 1. The molecule has 0 saturated heterocycles. The van der Waals surface area contributed by atoms with E-state index in [1.807, 2.05) is 0 Å². The summed E-state index contributed by atoms with van der Waals surface area (Å²) in [6, 6.07) is 3.97. The number of halogens is 1. The minimum Gasteiger partial charge on any atom is -0.495 e. The maximum atomic E-state index is 12.3. The monoisotopic (exact) mass is 351 g/mol. The Labute approximate surface area is 137 Å². The SMILES string of the molecule is COc1ccc(C(=O)NCCN)cc1S(=O)(=O)NC(C)C.Cl. The Morgan fingerprint density at radius 2 is 2.00 bits per heavy atom. The van der Waals surface area contributed by atoms with Gasteiger partial charge >= 0.3 is 0 Å². The van der Waals surface area contributed by atoms with Crippen LogP contribution in [-0.2, 0) is 10.0 Å². The molecule has 0 aliphatic heterocycles. The van der Waals surface area contributed by atoms with Crippen LogP contribution in [-0.4, -0.2) is 40.6 Å². The van der Waals surface area contributed by atoms with Gasteiger partial charge in [-0.3, -0.25) is 4.79 Å². The molecule has 1 aromatic rings. The van der Waals surface area contributed by atoms with Gasteiger partial charge in [0.25, 0.3) is 5.91 Å². The van der Waals surface area contributed by atoms with Gasteiger partial charge in [-0.25, -0.2) is 13.1 Å². The lowest BCUT2D eigenvalue weighted by molar-refractivity contribution is 0.0954. The zero-order valence-electron chi connectivity index (χ0n) is 12.8. The molecule has 7 nitrogen and oxygen atoms in total. The fourth-order valence-corrected chi connectivity index (χ4v) is 3.14. The quantitative estimate of drug-likeness (QED) is 0.662. The molecule has 0 fully saturated rings. The Kier molecular flexibility index (Phi) is 8.39. The Morgan fingerprint density at radius 3 is 2.50 bits per heavy atom. The number of ether oxygens (including phenoxy) is 1. The van der Waals surface area contributed by atoms with Crippen molar-refractivity contribution < 1.29 is 17.9 Å². The van der Waals surface area contributed by atoms with Crippen molar-refractivity contribution in [3.05, 3.63) is 23.8 Å². The summed E-state index contributed by atoms with van der Waals surface area (Å²) in [7, 11) is -2.39. The van der Waals surface area contributed by atoms with Gasteiger partial charge in [0.05, 0.1) is 7.11 Å². The van der Waals surface area contributed by atoms with E-state index in [9.17, 15) is 13.2 Å². The number of nitrogens with two attached hydrogens (primary N) is 1. The molecule has 1 aromatic carbocycles. The third-order valence-electron chi connectivity index (χ3n) is 2.54. The van der Waals surface area contributed by atoms with Gasteiger partial charge in [-0.2, -0.15) is 0 Å². The Morgan fingerprint density at radius 1 is 1.36 bits per heavy atom. The molecular formula is C13H22ClN3O4S. The van der Waals surface area contributed by atoms with Gasteiger partial charge in [0.1, 0.15) is 10.6 Å². The first-order valence-electron chi connectivity index (χ1n) is 6.50. The Hall–Kier alpha value is -1.35. The van der Waals surface area contributed by atoms with E-state index in [1.54, 1.807) is 13.8 Å². The lowest BCUT2D eigenvalue weighted by atomic mass is 10.2. The summed E-state index contributed by atoms with van der Waals surface area (Å²) < 4.78 is 32.1. The van der Waals surface area contributed by atoms with Crippen molar-refractivity contribution >= 4 is 28.3 Å². The number of carbonyl (C=O) groups excluding carboxylic acids is 1. The summed E-state index contributed by atoms with van der Waals surface area (Å²) >= 11 is 0. The smallest absolute Gasteiger partial charge is 0.251 e. The normalized spacial score (nSPS) is 11.0. The third-order valence-corrected chi connectivity index (χ3v) is 4.22. The Bertz CT molecular complexity index is 605. The van der Waals surface area contributed by atoms with E-state index >= 15 is 0 Å². The van der Waals surface area contributed by atoms with Crippen molar-refractivity contribution in [3.8, 4) is 5.75 Å². The molecule has 4 N–H and O–H groups in total. The van der Waals surface area contributed by atoms with Gasteiger partial charge in [-0.1, -0.05) is 0 Å². The second kappa shape index (κ2) is 8.94. The average molecular weight is 352 g/mol. The summed E-state index contributed by atoms with van der Waals surface area (Å²) in [5.41, 5.74) is 5.54. The number of hydrogen-bond acceptors (Lipinski definition) is 5. The molecule has 0 aliphatic rings. The van der Waals surface area contributed by atoms with Crippen molar-refractivity contribution in [1.82, 2.24) is 10.0 Å². The van der Waals surface area contributed by atoms with Gasteiger partial charge < -0.3 is 15.8 Å². The molecule has 1 amide bonds.